The second kappa shape index (κ2) is 3.62. The minimum absolute atomic E-state index is 0.000370. The third-order valence-electron chi connectivity index (χ3n) is 2.06. The van der Waals surface area contributed by atoms with E-state index in [2.05, 4.69) is 5.10 Å². The second-order valence-corrected chi connectivity index (χ2v) is 3.06. The molecule has 0 unspecified atom stereocenters. The number of nitriles is 1. The van der Waals surface area contributed by atoms with Gasteiger partial charge in [-0.25, -0.2) is 13.5 Å². The van der Waals surface area contributed by atoms with Crippen LogP contribution in [-0.2, 0) is 0 Å². The predicted molar refractivity (Wildman–Crippen MR) is 52.6 cm³/mol. The summed E-state index contributed by atoms with van der Waals surface area (Å²) >= 11 is 0. The Morgan fingerprint density at radius 2 is 2.12 bits per heavy atom. The van der Waals surface area contributed by atoms with Crippen molar-refractivity contribution in [2.75, 3.05) is 5.73 Å². The van der Waals surface area contributed by atoms with Crippen LogP contribution in [-0.4, -0.2) is 9.78 Å². The molecule has 0 aliphatic carbocycles. The summed E-state index contributed by atoms with van der Waals surface area (Å²) in [6, 6.07) is 4.83. The highest BCUT2D eigenvalue weighted by molar-refractivity contribution is 5.52. The van der Waals surface area contributed by atoms with Gasteiger partial charge < -0.3 is 5.73 Å². The molecule has 0 fully saturated rings. The van der Waals surface area contributed by atoms with Crippen LogP contribution in [0.25, 0.3) is 5.69 Å². The first-order valence-electron chi connectivity index (χ1n) is 4.32. The maximum atomic E-state index is 13.4. The van der Waals surface area contributed by atoms with Gasteiger partial charge in [-0.1, -0.05) is 0 Å². The lowest BCUT2D eigenvalue weighted by Gasteiger charge is -2.05. The number of nitrogens with two attached hydrogens (primary N) is 1. The van der Waals surface area contributed by atoms with Crippen molar-refractivity contribution in [3.63, 3.8) is 0 Å². The van der Waals surface area contributed by atoms with Crippen molar-refractivity contribution in [2.45, 2.75) is 0 Å². The smallest absolute Gasteiger partial charge is 0.151 e. The van der Waals surface area contributed by atoms with Gasteiger partial charge >= 0.3 is 0 Å². The normalized spacial score (nSPS) is 10.1. The summed E-state index contributed by atoms with van der Waals surface area (Å²) in [5, 5.41) is 12.4. The average molecular weight is 220 g/mol. The lowest BCUT2D eigenvalue weighted by Crippen LogP contribution is -2.04. The van der Waals surface area contributed by atoms with Gasteiger partial charge in [-0.05, 0) is 12.1 Å². The fraction of sp³-hybridized carbons (Fsp3) is 0. The van der Waals surface area contributed by atoms with Gasteiger partial charge in [0.1, 0.15) is 29.0 Å². The molecule has 0 spiro atoms. The molecular weight excluding hydrogens is 214 g/mol. The Hall–Kier alpha value is -2.42. The fourth-order valence-electron chi connectivity index (χ4n) is 1.29. The molecule has 80 valence electrons. The number of benzene rings is 1. The summed E-state index contributed by atoms with van der Waals surface area (Å²) in [7, 11) is 0. The standard InChI is InChI=1S/C10H6F2N4/c11-7-1-2-9(8(12)3-7)16-10(14)6(4-13)5-15-16/h1-3,5H,14H2. The third-order valence-corrected chi connectivity index (χ3v) is 2.06. The molecule has 0 atom stereocenters. The topological polar surface area (TPSA) is 67.6 Å². The molecule has 0 saturated heterocycles. The molecule has 2 rings (SSSR count). The van der Waals surface area contributed by atoms with Crippen LogP contribution in [0, 0.1) is 23.0 Å². The van der Waals surface area contributed by atoms with Gasteiger partial charge in [0.05, 0.1) is 6.20 Å². The lowest BCUT2D eigenvalue weighted by atomic mass is 10.3. The Morgan fingerprint density at radius 3 is 2.69 bits per heavy atom. The van der Waals surface area contributed by atoms with Crippen molar-refractivity contribution in [3.8, 4) is 11.8 Å². The SMILES string of the molecule is N#Cc1cnn(-c2ccc(F)cc2F)c1N. The zero-order valence-electron chi connectivity index (χ0n) is 7.98. The molecule has 0 saturated carbocycles. The third kappa shape index (κ3) is 1.48. The maximum absolute atomic E-state index is 13.4. The quantitative estimate of drug-likeness (QED) is 0.793. The Kier molecular flexibility index (Phi) is 2.29. The predicted octanol–water partition coefficient (Wildman–Crippen LogP) is 1.60. The molecule has 2 aromatic rings. The van der Waals surface area contributed by atoms with Crippen molar-refractivity contribution < 1.29 is 8.78 Å². The van der Waals surface area contributed by atoms with E-state index in [-0.39, 0.29) is 17.1 Å². The molecule has 6 heteroatoms. The van der Waals surface area contributed by atoms with Gasteiger partial charge in [0, 0.05) is 6.07 Å². The maximum Gasteiger partial charge on any atom is 0.151 e. The molecule has 0 aliphatic rings. The van der Waals surface area contributed by atoms with Crippen LogP contribution in [0.15, 0.2) is 24.4 Å². The Morgan fingerprint density at radius 1 is 1.38 bits per heavy atom. The molecule has 0 radical (unpaired) electrons. The van der Waals surface area contributed by atoms with Crippen LogP contribution in [0.2, 0.25) is 0 Å². The highest BCUT2D eigenvalue weighted by Crippen LogP contribution is 2.19. The molecule has 0 amide bonds. The van der Waals surface area contributed by atoms with E-state index < -0.39 is 11.6 Å². The van der Waals surface area contributed by atoms with E-state index >= 15 is 0 Å². The van der Waals surface area contributed by atoms with E-state index in [9.17, 15) is 8.78 Å². The van der Waals surface area contributed by atoms with E-state index in [1.165, 1.54) is 12.3 Å². The number of hydrogen-bond acceptors (Lipinski definition) is 3. The lowest BCUT2D eigenvalue weighted by molar-refractivity contribution is 0.574. The largest absolute Gasteiger partial charge is 0.382 e. The van der Waals surface area contributed by atoms with Crippen LogP contribution >= 0.6 is 0 Å². The molecular formula is C10H6F2N4. The highest BCUT2D eigenvalue weighted by atomic mass is 19.1. The highest BCUT2D eigenvalue weighted by Gasteiger charge is 2.12. The first-order valence-corrected chi connectivity index (χ1v) is 4.32. The average Bonchev–Trinajstić information content (AvgIpc) is 2.60. The molecule has 1 heterocycles. The summed E-state index contributed by atoms with van der Waals surface area (Å²) < 4.78 is 27.1. The van der Waals surface area contributed by atoms with Crippen molar-refractivity contribution >= 4 is 5.82 Å². The Bertz CT molecular complexity index is 583. The molecule has 1 aromatic carbocycles. The van der Waals surface area contributed by atoms with Gasteiger partial charge in [0.15, 0.2) is 5.82 Å². The van der Waals surface area contributed by atoms with E-state index in [0.29, 0.717) is 0 Å². The van der Waals surface area contributed by atoms with Gasteiger partial charge in [0.25, 0.3) is 0 Å². The summed E-state index contributed by atoms with van der Waals surface area (Å²) in [4.78, 5) is 0. The Balaban J connectivity index is 2.60. The summed E-state index contributed by atoms with van der Waals surface area (Å²) in [5.74, 6) is -1.46. The molecule has 0 aliphatic heterocycles. The van der Waals surface area contributed by atoms with Gasteiger partial charge in [-0.2, -0.15) is 10.4 Å². The van der Waals surface area contributed by atoms with Crippen molar-refractivity contribution in [3.05, 3.63) is 41.6 Å². The number of hydrogen-bond donors (Lipinski definition) is 1. The Labute approximate surface area is 89.5 Å². The molecule has 2 N–H and O–H groups in total. The van der Waals surface area contributed by atoms with Crippen molar-refractivity contribution in [1.29, 1.82) is 5.26 Å². The van der Waals surface area contributed by atoms with Crippen molar-refractivity contribution in [2.24, 2.45) is 0 Å². The van der Waals surface area contributed by atoms with E-state index in [1.807, 2.05) is 6.07 Å². The van der Waals surface area contributed by atoms with E-state index in [0.717, 1.165) is 16.8 Å². The van der Waals surface area contributed by atoms with Crippen LogP contribution in [0.4, 0.5) is 14.6 Å². The van der Waals surface area contributed by atoms with Gasteiger partial charge in [0.2, 0.25) is 0 Å². The zero-order chi connectivity index (χ0) is 11.7. The number of anilines is 1. The fourth-order valence-corrected chi connectivity index (χ4v) is 1.29. The van der Waals surface area contributed by atoms with Gasteiger partial charge in [-0.3, -0.25) is 0 Å². The van der Waals surface area contributed by atoms with E-state index in [4.69, 9.17) is 11.0 Å². The molecule has 4 nitrogen and oxygen atoms in total. The number of nitrogens with zero attached hydrogens (tertiary/aromatic N) is 3. The molecule has 0 bridgehead atoms. The van der Waals surface area contributed by atoms with Gasteiger partial charge in [-0.15, -0.1) is 0 Å². The molecule has 16 heavy (non-hydrogen) atoms. The van der Waals surface area contributed by atoms with E-state index in [1.54, 1.807) is 0 Å². The second-order valence-electron chi connectivity index (χ2n) is 3.06. The molecule has 1 aromatic heterocycles. The number of halogens is 2. The number of aromatic nitrogens is 2. The summed E-state index contributed by atoms with van der Waals surface area (Å²) in [6.45, 7) is 0. The summed E-state index contributed by atoms with van der Waals surface area (Å²) in [6.07, 6.45) is 1.22. The number of rotatable bonds is 1. The summed E-state index contributed by atoms with van der Waals surface area (Å²) in [5.41, 5.74) is 5.71. The zero-order valence-corrected chi connectivity index (χ0v) is 7.98. The van der Waals surface area contributed by atoms with Crippen molar-refractivity contribution in [1.82, 2.24) is 9.78 Å². The van der Waals surface area contributed by atoms with Crippen LogP contribution < -0.4 is 5.73 Å². The number of nitrogen functional groups attached to an aromatic ring is 1. The minimum atomic E-state index is -0.792. The van der Waals surface area contributed by atoms with Crippen LogP contribution in [0.5, 0.6) is 0 Å². The first-order chi connectivity index (χ1) is 7.63. The monoisotopic (exact) mass is 220 g/mol. The minimum Gasteiger partial charge on any atom is -0.382 e. The van der Waals surface area contributed by atoms with Crippen LogP contribution in [0.1, 0.15) is 5.56 Å². The van der Waals surface area contributed by atoms with Crippen LogP contribution in [0.3, 0.4) is 0 Å². The first kappa shape index (κ1) is 10.1.